The molecule has 0 N–H and O–H groups in total. The molecule has 1 aliphatic rings. The van der Waals surface area contributed by atoms with Crippen LogP contribution in [0, 0.1) is 0 Å². The molecule has 3 aromatic rings. The molecule has 4 rings (SSSR count). The molecule has 7 heteroatoms. The van der Waals surface area contributed by atoms with Crippen molar-refractivity contribution < 1.29 is 18.7 Å². The maximum Gasteiger partial charge on any atom is 0.281 e. The van der Waals surface area contributed by atoms with Crippen molar-refractivity contribution in [2.45, 2.75) is 12.5 Å². The molecule has 0 saturated carbocycles. The van der Waals surface area contributed by atoms with Crippen molar-refractivity contribution in [2.24, 2.45) is 5.10 Å². The monoisotopic (exact) mass is 454 g/mol. The van der Waals surface area contributed by atoms with E-state index in [1.807, 2.05) is 48.5 Å². The number of furan rings is 1. The Balaban J connectivity index is 1.53. The Hall–Kier alpha value is -3.06. The predicted molar refractivity (Wildman–Crippen MR) is 112 cm³/mol. The van der Waals surface area contributed by atoms with Gasteiger partial charge >= 0.3 is 0 Å². The number of carbonyl (C=O) groups excluding carboxylic acids is 1. The summed E-state index contributed by atoms with van der Waals surface area (Å²) in [7, 11) is 1.63. The van der Waals surface area contributed by atoms with E-state index in [-0.39, 0.29) is 18.6 Å². The Labute approximate surface area is 176 Å². The zero-order chi connectivity index (χ0) is 20.2. The van der Waals surface area contributed by atoms with Crippen LogP contribution in [-0.4, -0.2) is 30.3 Å². The van der Waals surface area contributed by atoms with E-state index in [0.29, 0.717) is 17.9 Å². The molecule has 0 spiro atoms. The molecule has 29 heavy (non-hydrogen) atoms. The molecule has 0 aliphatic carbocycles. The summed E-state index contributed by atoms with van der Waals surface area (Å²) >= 11 is 3.38. The fraction of sp³-hybridized carbons (Fsp3) is 0.182. The number of halogens is 1. The fourth-order valence-electron chi connectivity index (χ4n) is 3.14. The lowest BCUT2D eigenvalue weighted by Crippen LogP contribution is -2.31. The summed E-state index contributed by atoms with van der Waals surface area (Å²) < 4.78 is 17.4. The van der Waals surface area contributed by atoms with E-state index < -0.39 is 0 Å². The van der Waals surface area contributed by atoms with Gasteiger partial charge in [0.05, 0.1) is 19.1 Å². The number of carbonyl (C=O) groups is 1. The summed E-state index contributed by atoms with van der Waals surface area (Å²) in [5.41, 5.74) is 1.75. The molecule has 1 atom stereocenters. The quantitative estimate of drug-likeness (QED) is 0.536. The summed E-state index contributed by atoms with van der Waals surface area (Å²) in [6.45, 7) is -0.113. The van der Waals surface area contributed by atoms with E-state index >= 15 is 0 Å². The smallest absolute Gasteiger partial charge is 0.281 e. The van der Waals surface area contributed by atoms with E-state index in [2.05, 4.69) is 21.0 Å². The minimum Gasteiger partial charge on any atom is -0.497 e. The minimum absolute atomic E-state index is 0.113. The summed E-state index contributed by atoms with van der Waals surface area (Å²) in [6.07, 6.45) is 2.16. The van der Waals surface area contributed by atoms with Crippen LogP contribution in [0.3, 0.4) is 0 Å². The second kappa shape index (κ2) is 8.53. The number of rotatable bonds is 6. The average Bonchev–Trinajstić information content (AvgIpc) is 3.43. The van der Waals surface area contributed by atoms with Crippen LogP contribution in [0.2, 0.25) is 0 Å². The van der Waals surface area contributed by atoms with Gasteiger partial charge in [-0.25, -0.2) is 5.01 Å². The number of hydrogen-bond donors (Lipinski definition) is 0. The van der Waals surface area contributed by atoms with Crippen LogP contribution in [0.1, 0.15) is 23.8 Å². The van der Waals surface area contributed by atoms with Gasteiger partial charge in [0.1, 0.15) is 23.3 Å². The highest BCUT2D eigenvalue weighted by molar-refractivity contribution is 9.10. The average molecular weight is 455 g/mol. The standard InChI is InChI=1S/C22H19BrN2O4/c1-27-17-8-4-15(5-9-17)19-13-20(21-3-2-12-28-21)25(24-19)22(26)14-29-18-10-6-16(23)7-11-18/h2-12,20H,13-14H2,1H3. The first-order valence-corrected chi connectivity index (χ1v) is 9.89. The molecule has 1 aliphatic heterocycles. The Morgan fingerprint density at radius 1 is 1.14 bits per heavy atom. The third-order valence-corrected chi connectivity index (χ3v) is 5.17. The van der Waals surface area contributed by atoms with Crippen LogP contribution < -0.4 is 9.47 Å². The molecule has 1 aromatic heterocycles. The first-order valence-electron chi connectivity index (χ1n) is 9.10. The van der Waals surface area contributed by atoms with Gasteiger partial charge in [-0.2, -0.15) is 5.10 Å². The molecule has 2 heterocycles. The molecule has 148 valence electrons. The molecule has 0 bridgehead atoms. The molecular weight excluding hydrogens is 436 g/mol. The van der Waals surface area contributed by atoms with Crippen LogP contribution in [0.4, 0.5) is 0 Å². The normalized spacial score (nSPS) is 15.9. The first kappa shape index (κ1) is 19.3. The summed E-state index contributed by atoms with van der Waals surface area (Å²) in [4.78, 5) is 12.9. The molecule has 0 radical (unpaired) electrons. The van der Waals surface area contributed by atoms with Gasteiger partial charge in [-0.15, -0.1) is 0 Å². The van der Waals surface area contributed by atoms with Crippen LogP contribution in [0.5, 0.6) is 11.5 Å². The minimum atomic E-state index is -0.303. The number of methoxy groups -OCH3 is 1. The van der Waals surface area contributed by atoms with Crippen molar-refractivity contribution >= 4 is 27.5 Å². The Morgan fingerprint density at radius 2 is 1.86 bits per heavy atom. The molecule has 1 unspecified atom stereocenters. The highest BCUT2D eigenvalue weighted by atomic mass is 79.9. The Morgan fingerprint density at radius 3 is 2.52 bits per heavy atom. The largest absolute Gasteiger partial charge is 0.497 e. The molecule has 1 amide bonds. The van der Waals surface area contributed by atoms with Crippen molar-refractivity contribution in [3.63, 3.8) is 0 Å². The maximum absolute atomic E-state index is 12.9. The van der Waals surface area contributed by atoms with Gasteiger partial charge in [0.2, 0.25) is 0 Å². The van der Waals surface area contributed by atoms with Crippen molar-refractivity contribution in [3.05, 3.63) is 82.7 Å². The van der Waals surface area contributed by atoms with Gasteiger partial charge in [-0.1, -0.05) is 15.9 Å². The third kappa shape index (κ3) is 4.35. The number of hydrogen-bond acceptors (Lipinski definition) is 5. The number of amides is 1. The van der Waals surface area contributed by atoms with Crippen molar-refractivity contribution in [2.75, 3.05) is 13.7 Å². The Bertz CT molecular complexity index is 998. The van der Waals surface area contributed by atoms with Gasteiger partial charge in [0.15, 0.2) is 6.61 Å². The summed E-state index contributed by atoms with van der Waals surface area (Å²) in [5, 5.41) is 6.05. The lowest BCUT2D eigenvalue weighted by atomic mass is 10.0. The van der Waals surface area contributed by atoms with Gasteiger partial charge in [-0.3, -0.25) is 4.79 Å². The number of hydrazone groups is 1. The van der Waals surface area contributed by atoms with Crippen molar-refractivity contribution in [1.29, 1.82) is 0 Å². The van der Waals surface area contributed by atoms with E-state index in [1.165, 1.54) is 5.01 Å². The van der Waals surface area contributed by atoms with Gasteiger partial charge < -0.3 is 13.9 Å². The number of benzene rings is 2. The van der Waals surface area contributed by atoms with Gasteiger partial charge in [0.25, 0.3) is 5.91 Å². The van der Waals surface area contributed by atoms with Crippen LogP contribution >= 0.6 is 15.9 Å². The first-order chi connectivity index (χ1) is 14.1. The van der Waals surface area contributed by atoms with Gasteiger partial charge in [0, 0.05) is 10.9 Å². The molecular formula is C22H19BrN2O4. The van der Waals surface area contributed by atoms with E-state index in [9.17, 15) is 4.79 Å². The fourth-order valence-corrected chi connectivity index (χ4v) is 3.41. The molecule has 2 aromatic carbocycles. The molecule has 0 saturated heterocycles. The topological polar surface area (TPSA) is 64.3 Å². The molecule has 6 nitrogen and oxygen atoms in total. The summed E-state index contributed by atoms with van der Waals surface area (Å²) in [5.74, 6) is 1.84. The van der Waals surface area contributed by atoms with Crippen molar-refractivity contribution in [1.82, 2.24) is 5.01 Å². The third-order valence-electron chi connectivity index (χ3n) is 4.64. The van der Waals surface area contributed by atoms with E-state index in [1.54, 1.807) is 25.5 Å². The second-order valence-corrected chi connectivity index (χ2v) is 7.41. The highest BCUT2D eigenvalue weighted by Crippen LogP contribution is 2.33. The maximum atomic E-state index is 12.9. The predicted octanol–water partition coefficient (Wildman–Crippen LogP) is 4.81. The zero-order valence-electron chi connectivity index (χ0n) is 15.7. The summed E-state index contributed by atoms with van der Waals surface area (Å²) in [6, 6.07) is 18.3. The van der Waals surface area contributed by atoms with Crippen LogP contribution in [-0.2, 0) is 4.79 Å². The highest BCUT2D eigenvalue weighted by Gasteiger charge is 2.35. The SMILES string of the molecule is COc1ccc(C2=NN(C(=O)COc3ccc(Br)cc3)C(c3ccco3)C2)cc1. The second-order valence-electron chi connectivity index (χ2n) is 6.49. The lowest BCUT2D eigenvalue weighted by molar-refractivity contribution is -0.135. The molecule has 0 fully saturated rings. The lowest BCUT2D eigenvalue weighted by Gasteiger charge is -2.20. The number of ether oxygens (including phenoxy) is 2. The zero-order valence-corrected chi connectivity index (χ0v) is 17.3. The Kier molecular flexibility index (Phi) is 5.67. The van der Waals surface area contributed by atoms with E-state index in [4.69, 9.17) is 13.9 Å². The van der Waals surface area contributed by atoms with Crippen LogP contribution in [0.25, 0.3) is 0 Å². The van der Waals surface area contributed by atoms with Crippen LogP contribution in [0.15, 0.2) is 80.9 Å². The van der Waals surface area contributed by atoms with E-state index in [0.717, 1.165) is 21.5 Å². The van der Waals surface area contributed by atoms with Crippen molar-refractivity contribution in [3.8, 4) is 11.5 Å². The number of nitrogens with zero attached hydrogens (tertiary/aromatic N) is 2. The van der Waals surface area contributed by atoms with Gasteiger partial charge in [-0.05, 0) is 66.2 Å².